The molecule has 142 valence electrons. The highest BCUT2D eigenvalue weighted by Crippen LogP contribution is 2.13. The summed E-state index contributed by atoms with van der Waals surface area (Å²) < 4.78 is 31.6. The van der Waals surface area contributed by atoms with Crippen LogP contribution in [-0.4, -0.2) is 54.2 Å². The number of benzene rings is 1. The molecule has 1 heterocycles. The quantitative estimate of drug-likeness (QED) is 0.540. The molecule has 3 N–H and O–H groups in total. The van der Waals surface area contributed by atoms with Gasteiger partial charge < -0.3 is 15.4 Å². The number of amides is 1. The molecular weight excluding hydrogens is 366 g/mol. The first-order chi connectivity index (χ1) is 11.5. The van der Waals surface area contributed by atoms with Crippen molar-refractivity contribution in [3.63, 3.8) is 0 Å². The second-order valence-electron chi connectivity index (χ2n) is 5.82. The standard InChI is InChI=1S/C16H25N3O4S.ClH/c1-23-10-9-19-24(21,22)15-4-2-3-14(11-15)16(20)18-8-6-13-5-7-17-12-13;/h2-4,11,13,17,19H,5-10,12H2,1H3,(H,18,20);1H. The summed E-state index contributed by atoms with van der Waals surface area (Å²) in [6.45, 7) is 3.10. The van der Waals surface area contributed by atoms with Crippen LogP contribution in [0.2, 0.25) is 0 Å². The molecule has 1 aromatic carbocycles. The highest BCUT2D eigenvalue weighted by atomic mass is 35.5. The van der Waals surface area contributed by atoms with Crippen LogP contribution in [0, 0.1) is 5.92 Å². The van der Waals surface area contributed by atoms with Crippen LogP contribution < -0.4 is 15.4 Å². The maximum absolute atomic E-state index is 12.2. The molecule has 9 heteroatoms. The molecule has 0 saturated carbocycles. The summed E-state index contributed by atoms with van der Waals surface area (Å²) in [6, 6.07) is 6.04. The molecule has 1 aromatic rings. The fourth-order valence-corrected chi connectivity index (χ4v) is 3.68. The molecule has 1 amide bonds. The Kier molecular flexibility index (Phi) is 9.37. The summed E-state index contributed by atoms with van der Waals surface area (Å²) in [5.74, 6) is 0.344. The number of ether oxygens (including phenoxy) is 1. The normalized spacial score (nSPS) is 17.1. The number of sulfonamides is 1. The van der Waals surface area contributed by atoms with Crippen molar-refractivity contribution < 1.29 is 17.9 Å². The van der Waals surface area contributed by atoms with Crippen LogP contribution >= 0.6 is 12.4 Å². The first kappa shape index (κ1) is 21.9. The van der Waals surface area contributed by atoms with Crippen molar-refractivity contribution in [1.29, 1.82) is 0 Å². The van der Waals surface area contributed by atoms with Crippen molar-refractivity contribution in [2.45, 2.75) is 17.7 Å². The van der Waals surface area contributed by atoms with Crippen molar-refractivity contribution in [2.24, 2.45) is 5.92 Å². The summed E-state index contributed by atoms with van der Waals surface area (Å²) in [5, 5.41) is 6.15. The zero-order valence-electron chi connectivity index (χ0n) is 14.3. The Morgan fingerprint density at radius 1 is 1.36 bits per heavy atom. The molecular formula is C16H26ClN3O4S. The van der Waals surface area contributed by atoms with Gasteiger partial charge in [0.2, 0.25) is 10.0 Å². The molecule has 1 aliphatic rings. The van der Waals surface area contributed by atoms with Crippen LogP contribution in [0.15, 0.2) is 29.2 Å². The van der Waals surface area contributed by atoms with Gasteiger partial charge in [-0.05, 0) is 50.0 Å². The summed E-state index contributed by atoms with van der Waals surface area (Å²) in [4.78, 5) is 12.3. The monoisotopic (exact) mass is 391 g/mol. The van der Waals surface area contributed by atoms with E-state index in [1.165, 1.54) is 19.2 Å². The van der Waals surface area contributed by atoms with E-state index < -0.39 is 10.0 Å². The second kappa shape index (κ2) is 10.7. The minimum absolute atomic E-state index is 0. The average Bonchev–Trinajstić information content (AvgIpc) is 3.08. The third-order valence-electron chi connectivity index (χ3n) is 4.01. The van der Waals surface area contributed by atoms with Gasteiger partial charge in [0.1, 0.15) is 0 Å². The zero-order valence-corrected chi connectivity index (χ0v) is 15.9. The Morgan fingerprint density at radius 2 is 2.16 bits per heavy atom. The summed E-state index contributed by atoms with van der Waals surface area (Å²) in [7, 11) is -2.14. The minimum Gasteiger partial charge on any atom is -0.383 e. The molecule has 1 unspecified atom stereocenters. The zero-order chi connectivity index (χ0) is 17.4. The van der Waals surface area contributed by atoms with E-state index in [0.29, 0.717) is 18.0 Å². The van der Waals surface area contributed by atoms with Crippen LogP contribution in [-0.2, 0) is 14.8 Å². The fraction of sp³-hybridized carbons (Fsp3) is 0.562. The van der Waals surface area contributed by atoms with Crippen LogP contribution in [0.5, 0.6) is 0 Å². The van der Waals surface area contributed by atoms with Gasteiger partial charge in [-0.3, -0.25) is 4.79 Å². The number of methoxy groups -OCH3 is 1. The molecule has 1 aliphatic heterocycles. The lowest BCUT2D eigenvalue weighted by Gasteiger charge is -2.10. The number of carbonyl (C=O) groups is 1. The van der Waals surface area contributed by atoms with E-state index in [1.54, 1.807) is 12.1 Å². The van der Waals surface area contributed by atoms with E-state index in [4.69, 9.17) is 4.74 Å². The second-order valence-corrected chi connectivity index (χ2v) is 7.59. The third kappa shape index (κ3) is 6.91. The van der Waals surface area contributed by atoms with E-state index >= 15 is 0 Å². The predicted octanol–water partition coefficient (Wildman–Crippen LogP) is 0.762. The molecule has 0 bridgehead atoms. The van der Waals surface area contributed by atoms with Crippen LogP contribution in [0.1, 0.15) is 23.2 Å². The number of rotatable bonds is 9. The number of halogens is 1. The van der Waals surface area contributed by atoms with E-state index in [2.05, 4.69) is 15.4 Å². The Hall–Kier alpha value is -1.19. The molecule has 0 aliphatic carbocycles. The molecule has 1 saturated heterocycles. The topological polar surface area (TPSA) is 96.5 Å². The van der Waals surface area contributed by atoms with Gasteiger partial charge in [0.25, 0.3) is 5.91 Å². The number of carbonyl (C=O) groups excluding carboxylic acids is 1. The number of hydrogen-bond donors (Lipinski definition) is 3. The largest absolute Gasteiger partial charge is 0.383 e. The van der Waals surface area contributed by atoms with E-state index in [9.17, 15) is 13.2 Å². The Labute approximate surface area is 155 Å². The maximum atomic E-state index is 12.2. The van der Waals surface area contributed by atoms with Crippen molar-refractivity contribution >= 4 is 28.3 Å². The fourth-order valence-electron chi connectivity index (χ4n) is 2.62. The first-order valence-corrected chi connectivity index (χ1v) is 9.59. The van der Waals surface area contributed by atoms with Gasteiger partial charge in [-0.25, -0.2) is 13.1 Å². The van der Waals surface area contributed by atoms with Gasteiger partial charge in [-0.2, -0.15) is 0 Å². The highest BCUT2D eigenvalue weighted by molar-refractivity contribution is 7.89. The van der Waals surface area contributed by atoms with Crippen LogP contribution in [0.4, 0.5) is 0 Å². The molecule has 0 aromatic heterocycles. The average molecular weight is 392 g/mol. The highest BCUT2D eigenvalue weighted by Gasteiger charge is 2.17. The van der Waals surface area contributed by atoms with Gasteiger partial charge in [0.05, 0.1) is 11.5 Å². The molecule has 7 nitrogen and oxygen atoms in total. The summed E-state index contributed by atoms with van der Waals surface area (Å²) >= 11 is 0. The molecule has 1 fully saturated rings. The van der Waals surface area contributed by atoms with Crippen molar-refractivity contribution in [3.8, 4) is 0 Å². The van der Waals surface area contributed by atoms with Gasteiger partial charge >= 0.3 is 0 Å². The lowest BCUT2D eigenvalue weighted by atomic mass is 10.1. The summed E-state index contributed by atoms with van der Waals surface area (Å²) in [5.41, 5.74) is 0.342. The van der Waals surface area contributed by atoms with Crippen LogP contribution in [0.3, 0.4) is 0 Å². The molecule has 2 rings (SSSR count). The van der Waals surface area contributed by atoms with Gasteiger partial charge in [-0.15, -0.1) is 12.4 Å². The SMILES string of the molecule is COCCNS(=O)(=O)c1cccc(C(=O)NCCC2CCNC2)c1.Cl. The Morgan fingerprint density at radius 3 is 2.84 bits per heavy atom. The third-order valence-corrected chi connectivity index (χ3v) is 5.46. The van der Waals surface area contributed by atoms with Crippen molar-refractivity contribution in [1.82, 2.24) is 15.4 Å². The molecule has 25 heavy (non-hydrogen) atoms. The molecule has 0 spiro atoms. The number of nitrogens with one attached hydrogen (secondary N) is 3. The summed E-state index contributed by atoms with van der Waals surface area (Å²) in [6.07, 6.45) is 2.06. The van der Waals surface area contributed by atoms with E-state index in [-0.39, 0.29) is 36.4 Å². The van der Waals surface area contributed by atoms with Gasteiger partial charge in [-0.1, -0.05) is 6.07 Å². The van der Waals surface area contributed by atoms with Gasteiger partial charge in [0, 0.05) is 25.8 Å². The maximum Gasteiger partial charge on any atom is 0.251 e. The Bertz CT molecular complexity index is 649. The molecule has 0 radical (unpaired) electrons. The minimum atomic E-state index is -3.64. The Balaban J connectivity index is 0.00000312. The van der Waals surface area contributed by atoms with Crippen LogP contribution in [0.25, 0.3) is 0 Å². The van der Waals surface area contributed by atoms with Gasteiger partial charge in [0.15, 0.2) is 0 Å². The first-order valence-electron chi connectivity index (χ1n) is 8.10. The lowest BCUT2D eigenvalue weighted by molar-refractivity contribution is 0.0951. The number of hydrogen-bond acceptors (Lipinski definition) is 5. The van der Waals surface area contributed by atoms with E-state index in [1.807, 2.05) is 0 Å². The van der Waals surface area contributed by atoms with Crippen molar-refractivity contribution in [3.05, 3.63) is 29.8 Å². The molecule has 1 atom stereocenters. The predicted molar refractivity (Wildman–Crippen MR) is 98.7 cm³/mol. The van der Waals surface area contributed by atoms with Crippen molar-refractivity contribution in [2.75, 3.05) is 39.9 Å². The lowest BCUT2D eigenvalue weighted by Crippen LogP contribution is -2.28. The smallest absolute Gasteiger partial charge is 0.251 e. The van der Waals surface area contributed by atoms with E-state index in [0.717, 1.165) is 25.9 Å².